The molecule has 2 rings (SSSR count). The van der Waals surface area contributed by atoms with Crippen molar-refractivity contribution in [2.75, 3.05) is 34.9 Å². The van der Waals surface area contributed by atoms with Crippen LogP contribution in [0.5, 0.6) is 11.5 Å². The molecule has 0 aromatic heterocycles. The van der Waals surface area contributed by atoms with Crippen LogP contribution < -0.4 is 14.8 Å². The van der Waals surface area contributed by atoms with E-state index in [0.29, 0.717) is 12.1 Å². The van der Waals surface area contributed by atoms with E-state index in [4.69, 9.17) is 9.47 Å². The molecule has 1 atom stereocenters. The predicted molar refractivity (Wildman–Crippen MR) is 94.7 cm³/mol. The first kappa shape index (κ1) is 17.8. The van der Waals surface area contributed by atoms with E-state index < -0.39 is 0 Å². The summed E-state index contributed by atoms with van der Waals surface area (Å²) in [5.41, 5.74) is 1.74. The van der Waals surface area contributed by atoms with Crippen LogP contribution in [0.15, 0.2) is 48.5 Å². The fourth-order valence-corrected chi connectivity index (χ4v) is 2.46. The highest BCUT2D eigenvalue weighted by atomic mass is 16.5. The summed E-state index contributed by atoms with van der Waals surface area (Å²) in [7, 11) is 7.24. The Bertz CT molecular complexity index is 651. The third kappa shape index (κ3) is 4.49. The molecule has 5 heteroatoms. The van der Waals surface area contributed by atoms with E-state index >= 15 is 0 Å². The van der Waals surface area contributed by atoms with Gasteiger partial charge in [0, 0.05) is 12.1 Å². The van der Waals surface area contributed by atoms with Crippen LogP contribution in [0.4, 0.5) is 0 Å². The molecule has 0 saturated heterocycles. The zero-order valence-corrected chi connectivity index (χ0v) is 14.6. The summed E-state index contributed by atoms with van der Waals surface area (Å²) in [4.78, 5) is 14.4. The molecule has 2 aromatic rings. The van der Waals surface area contributed by atoms with Gasteiger partial charge in [0.25, 0.3) is 5.91 Å². The number of likely N-dealkylation sites (N-methyl/N-ethyl adjacent to an activating group) is 1. The van der Waals surface area contributed by atoms with E-state index in [2.05, 4.69) is 10.2 Å². The van der Waals surface area contributed by atoms with Crippen molar-refractivity contribution in [3.8, 4) is 11.5 Å². The average Bonchev–Trinajstić information content (AvgIpc) is 2.62. The van der Waals surface area contributed by atoms with Crippen molar-refractivity contribution >= 4 is 5.91 Å². The number of carbonyl (C=O) groups excluding carboxylic acids is 1. The molecule has 0 saturated carbocycles. The largest absolute Gasteiger partial charge is 0.497 e. The molecule has 1 unspecified atom stereocenters. The van der Waals surface area contributed by atoms with E-state index in [0.717, 1.165) is 17.1 Å². The molecule has 0 heterocycles. The van der Waals surface area contributed by atoms with E-state index in [9.17, 15) is 4.79 Å². The minimum absolute atomic E-state index is 0.0816. The lowest BCUT2D eigenvalue weighted by atomic mass is 10.1. The minimum Gasteiger partial charge on any atom is -0.497 e. The summed E-state index contributed by atoms with van der Waals surface area (Å²) < 4.78 is 10.3. The Kier molecular flexibility index (Phi) is 6.21. The second-order valence-electron chi connectivity index (χ2n) is 5.69. The second-order valence-corrected chi connectivity index (χ2v) is 5.69. The number of nitrogens with one attached hydrogen (secondary N) is 1. The van der Waals surface area contributed by atoms with E-state index in [1.807, 2.05) is 38.4 Å². The van der Waals surface area contributed by atoms with Crippen LogP contribution in [0.3, 0.4) is 0 Å². The third-order valence-electron chi connectivity index (χ3n) is 3.93. The highest BCUT2D eigenvalue weighted by Crippen LogP contribution is 2.21. The molecule has 0 aliphatic carbocycles. The van der Waals surface area contributed by atoms with Crippen LogP contribution in [0, 0.1) is 0 Å². The first-order valence-corrected chi connectivity index (χ1v) is 7.77. The molecule has 0 radical (unpaired) electrons. The van der Waals surface area contributed by atoms with Crippen LogP contribution in [-0.4, -0.2) is 45.7 Å². The molecule has 0 spiro atoms. The van der Waals surface area contributed by atoms with Crippen LogP contribution in [-0.2, 0) is 0 Å². The summed E-state index contributed by atoms with van der Waals surface area (Å²) in [5, 5.41) is 2.99. The summed E-state index contributed by atoms with van der Waals surface area (Å²) in [6.07, 6.45) is 0. The van der Waals surface area contributed by atoms with Crippen LogP contribution >= 0.6 is 0 Å². The van der Waals surface area contributed by atoms with Crippen molar-refractivity contribution in [3.05, 3.63) is 59.7 Å². The molecule has 0 fully saturated rings. The molecule has 0 aliphatic rings. The maximum atomic E-state index is 12.3. The number of ether oxygens (including phenoxy) is 2. The van der Waals surface area contributed by atoms with E-state index in [1.165, 1.54) is 0 Å². The zero-order valence-electron chi connectivity index (χ0n) is 14.6. The van der Waals surface area contributed by atoms with Crippen molar-refractivity contribution < 1.29 is 14.3 Å². The molecule has 2 aromatic carbocycles. The highest BCUT2D eigenvalue weighted by molar-refractivity contribution is 5.94. The molecular weight excluding hydrogens is 304 g/mol. The van der Waals surface area contributed by atoms with Gasteiger partial charge in [-0.3, -0.25) is 4.79 Å². The fraction of sp³-hybridized carbons (Fsp3) is 0.316. The molecule has 5 nitrogen and oxygen atoms in total. The number of hydrogen-bond acceptors (Lipinski definition) is 4. The Labute approximate surface area is 143 Å². The normalized spacial score (nSPS) is 11.9. The van der Waals surface area contributed by atoms with Gasteiger partial charge < -0.3 is 19.7 Å². The number of benzene rings is 2. The molecule has 128 valence electrons. The second kappa shape index (κ2) is 8.36. The molecule has 0 bridgehead atoms. The number of nitrogens with zero attached hydrogens (tertiary/aromatic N) is 1. The topological polar surface area (TPSA) is 50.8 Å². The number of methoxy groups -OCH3 is 2. The lowest BCUT2D eigenvalue weighted by Gasteiger charge is -2.25. The van der Waals surface area contributed by atoms with Crippen molar-refractivity contribution in [2.45, 2.75) is 6.04 Å². The van der Waals surface area contributed by atoms with E-state index in [1.54, 1.807) is 38.5 Å². The summed E-state index contributed by atoms with van der Waals surface area (Å²) in [6, 6.07) is 15.0. The van der Waals surface area contributed by atoms with Crippen molar-refractivity contribution in [3.63, 3.8) is 0 Å². The average molecular weight is 328 g/mol. The maximum absolute atomic E-state index is 12.3. The van der Waals surface area contributed by atoms with Gasteiger partial charge in [0.2, 0.25) is 0 Å². The lowest BCUT2D eigenvalue weighted by molar-refractivity contribution is 0.0942. The molecule has 1 N–H and O–H groups in total. The quantitative estimate of drug-likeness (QED) is 0.849. The van der Waals surface area contributed by atoms with Gasteiger partial charge in [-0.25, -0.2) is 0 Å². The monoisotopic (exact) mass is 328 g/mol. The van der Waals surface area contributed by atoms with Gasteiger partial charge in [-0.1, -0.05) is 12.1 Å². The van der Waals surface area contributed by atoms with Crippen LogP contribution in [0.2, 0.25) is 0 Å². The number of amides is 1. The van der Waals surface area contributed by atoms with Crippen LogP contribution in [0.25, 0.3) is 0 Å². The maximum Gasteiger partial charge on any atom is 0.251 e. The summed E-state index contributed by atoms with van der Waals surface area (Å²) in [5.74, 6) is 1.45. The third-order valence-corrected chi connectivity index (χ3v) is 3.93. The number of rotatable bonds is 7. The SMILES string of the molecule is COc1ccc(C(=O)NCC(c2ccc(OC)cc2)N(C)C)cc1. The molecule has 24 heavy (non-hydrogen) atoms. The predicted octanol–water partition coefficient (Wildman–Crippen LogP) is 2.74. The van der Waals surface area contributed by atoms with Gasteiger partial charge in [0.15, 0.2) is 0 Å². The van der Waals surface area contributed by atoms with Gasteiger partial charge in [-0.05, 0) is 56.1 Å². The smallest absolute Gasteiger partial charge is 0.251 e. The summed E-state index contributed by atoms with van der Waals surface area (Å²) in [6.45, 7) is 0.518. The van der Waals surface area contributed by atoms with E-state index in [-0.39, 0.29) is 11.9 Å². The van der Waals surface area contributed by atoms with Gasteiger partial charge in [-0.2, -0.15) is 0 Å². The number of carbonyl (C=O) groups is 1. The Morgan fingerprint density at radius 2 is 1.46 bits per heavy atom. The fourth-order valence-electron chi connectivity index (χ4n) is 2.46. The Balaban J connectivity index is 2.03. The first-order valence-electron chi connectivity index (χ1n) is 7.77. The standard InChI is InChI=1S/C19H24N2O3/c1-21(2)18(14-5-9-16(23-3)10-6-14)13-20-19(22)15-7-11-17(24-4)12-8-15/h5-12,18H,13H2,1-4H3,(H,20,22). The van der Waals surface area contributed by atoms with Gasteiger partial charge in [0.1, 0.15) is 11.5 Å². The first-order chi connectivity index (χ1) is 11.5. The van der Waals surface area contributed by atoms with Gasteiger partial charge >= 0.3 is 0 Å². The Hall–Kier alpha value is -2.53. The zero-order chi connectivity index (χ0) is 17.5. The lowest BCUT2D eigenvalue weighted by Crippen LogP contribution is -2.34. The van der Waals surface area contributed by atoms with Gasteiger partial charge in [0.05, 0.1) is 20.3 Å². The Morgan fingerprint density at radius 3 is 1.92 bits per heavy atom. The number of hydrogen-bond donors (Lipinski definition) is 1. The Morgan fingerprint density at radius 1 is 0.958 bits per heavy atom. The van der Waals surface area contributed by atoms with Crippen molar-refractivity contribution in [1.82, 2.24) is 10.2 Å². The van der Waals surface area contributed by atoms with Crippen molar-refractivity contribution in [2.24, 2.45) is 0 Å². The van der Waals surface area contributed by atoms with Gasteiger partial charge in [-0.15, -0.1) is 0 Å². The highest BCUT2D eigenvalue weighted by Gasteiger charge is 2.16. The molecule has 0 aliphatic heterocycles. The molecular formula is C19H24N2O3. The summed E-state index contributed by atoms with van der Waals surface area (Å²) >= 11 is 0. The van der Waals surface area contributed by atoms with Crippen molar-refractivity contribution in [1.29, 1.82) is 0 Å². The van der Waals surface area contributed by atoms with Crippen LogP contribution in [0.1, 0.15) is 22.0 Å². The molecule has 1 amide bonds. The minimum atomic E-state index is -0.0991.